The Morgan fingerprint density at radius 1 is 1.44 bits per heavy atom. The maximum Gasteiger partial charge on any atom is 0.301 e. The van der Waals surface area contributed by atoms with Gasteiger partial charge in [0.2, 0.25) is 0 Å². The minimum atomic E-state index is -3.61. The topological polar surface area (TPSA) is 99.2 Å². The SMILES string of the molecule is CN(C)S(=O)(=O)Nc1ccc(N)cc1C#N. The monoisotopic (exact) mass is 240 g/mol. The van der Waals surface area contributed by atoms with Crippen LogP contribution in [0.4, 0.5) is 11.4 Å². The van der Waals surface area contributed by atoms with Gasteiger partial charge in [0.1, 0.15) is 6.07 Å². The molecule has 0 aliphatic heterocycles. The highest BCUT2D eigenvalue weighted by Gasteiger charge is 2.15. The molecule has 0 aliphatic carbocycles. The molecule has 16 heavy (non-hydrogen) atoms. The summed E-state index contributed by atoms with van der Waals surface area (Å²) in [5.74, 6) is 0. The predicted octanol–water partition coefficient (Wildman–Crippen LogP) is 0.359. The average Bonchev–Trinajstić information content (AvgIpc) is 2.20. The molecule has 0 aliphatic rings. The van der Waals surface area contributed by atoms with Gasteiger partial charge in [-0.15, -0.1) is 0 Å². The second-order valence-electron chi connectivity index (χ2n) is 3.31. The number of hydrogen-bond donors (Lipinski definition) is 2. The first-order valence-corrected chi connectivity index (χ1v) is 5.80. The molecule has 6 nitrogen and oxygen atoms in total. The lowest BCUT2D eigenvalue weighted by Gasteiger charge is -2.14. The third kappa shape index (κ3) is 2.62. The van der Waals surface area contributed by atoms with Gasteiger partial charge in [-0.2, -0.15) is 18.0 Å². The van der Waals surface area contributed by atoms with Crippen LogP contribution in [0.15, 0.2) is 18.2 Å². The summed E-state index contributed by atoms with van der Waals surface area (Å²) < 4.78 is 26.4. The van der Waals surface area contributed by atoms with E-state index in [1.165, 1.54) is 32.3 Å². The van der Waals surface area contributed by atoms with Gasteiger partial charge < -0.3 is 5.73 Å². The molecule has 0 spiro atoms. The maximum atomic E-state index is 11.5. The van der Waals surface area contributed by atoms with E-state index in [0.717, 1.165) is 4.31 Å². The van der Waals surface area contributed by atoms with Gasteiger partial charge in [-0.25, -0.2) is 0 Å². The number of nitrogens with two attached hydrogens (primary N) is 1. The van der Waals surface area contributed by atoms with Gasteiger partial charge in [0.25, 0.3) is 0 Å². The van der Waals surface area contributed by atoms with E-state index in [1.54, 1.807) is 0 Å². The molecule has 3 N–H and O–H groups in total. The number of rotatable bonds is 3. The van der Waals surface area contributed by atoms with Gasteiger partial charge in [-0.05, 0) is 18.2 Å². The van der Waals surface area contributed by atoms with Crippen molar-refractivity contribution in [2.24, 2.45) is 0 Å². The van der Waals surface area contributed by atoms with Crippen LogP contribution in [0.1, 0.15) is 5.56 Å². The Hall–Kier alpha value is -1.78. The number of hydrogen-bond acceptors (Lipinski definition) is 4. The van der Waals surface area contributed by atoms with Crippen LogP contribution < -0.4 is 10.5 Å². The Kier molecular flexibility index (Phi) is 3.37. The molecule has 1 aromatic carbocycles. The van der Waals surface area contributed by atoms with Gasteiger partial charge in [-0.3, -0.25) is 4.72 Å². The second-order valence-corrected chi connectivity index (χ2v) is 5.19. The van der Waals surface area contributed by atoms with Gasteiger partial charge in [0, 0.05) is 19.8 Å². The van der Waals surface area contributed by atoms with Crippen molar-refractivity contribution >= 4 is 21.6 Å². The Bertz CT molecular complexity index is 531. The van der Waals surface area contributed by atoms with E-state index in [4.69, 9.17) is 11.0 Å². The van der Waals surface area contributed by atoms with Gasteiger partial charge >= 0.3 is 10.2 Å². The molecule has 86 valence electrons. The van der Waals surface area contributed by atoms with Crippen molar-refractivity contribution in [3.63, 3.8) is 0 Å². The van der Waals surface area contributed by atoms with Crippen LogP contribution >= 0.6 is 0 Å². The molecule has 0 amide bonds. The second kappa shape index (κ2) is 4.38. The molecule has 0 heterocycles. The zero-order valence-electron chi connectivity index (χ0n) is 8.93. The van der Waals surface area contributed by atoms with E-state index in [9.17, 15) is 8.42 Å². The van der Waals surface area contributed by atoms with Crippen molar-refractivity contribution in [3.05, 3.63) is 23.8 Å². The molecule has 0 saturated heterocycles. The lowest BCUT2D eigenvalue weighted by molar-refractivity contribution is 0.527. The summed E-state index contributed by atoms with van der Waals surface area (Å²) in [6.45, 7) is 0. The lowest BCUT2D eigenvalue weighted by atomic mass is 10.2. The molecular weight excluding hydrogens is 228 g/mol. The number of nitrogens with zero attached hydrogens (tertiary/aromatic N) is 2. The quantitative estimate of drug-likeness (QED) is 0.745. The maximum absolute atomic E-state index is 11.5. The van der Waals surface area contributed by atoms with Crippen molar-refractivity contribution in [3.8, 4) is 6.07 Å². The van der Waals surface area contributed by atoms with Crippen molar-refractivity contribution in [1.82, 2.24) is 4.31 Å². The normalized spacial score (nSPS) is 11.1. The summed E-state index contributed by atoms with van der Waals surface area (Å²) in [6, 6.07) is 6.26. The summed E-state index contributed by atoms with van der Waals surface area (Å²) in [7, 11) is -0.816. The Morgan fingerprint density at radius 2 is 2.06 bits per heavy atom. The summed E-state index contributed by atoms with van der Waals surface area (Å²) in [6.07, 6.45) is 0. The summed E-state index contributed by atoms with van der Waals surface area (Å²) in [4.78, 5) is 0. The Morgan fingerprint density at radius 3 is 2.56 bits per heavy atom. The van der Waals surface area contributed by atoms with Crippen LogP contribution in [0.3, 0.4) is 0 Å². The van der Waals surface area contributed by atoms with Crippen LogP contribution in [0.25, 0.3) is 0 Å². The number of benzene rings is 1. The van der Waals surface area contributed by atoms with Crippen LogP contribution in [-0.4, -0.2) is 26.8 Å². The molecule has 1 aromatic rings. The molecule has 0 saturated carbocycles. The molecular formula is C9H12N4O2S. The number of nitriles is 1. The first-order valence-electron chi connectivity index (χ1n) is 4.36. The smallest absolute Gasteiger partial charge is 0.301 e. The van der Waals surface area contributed by atoms with Crippen molar-refractivity contribution in [2.45, 2.75) is 0 Å². The first-order chi connectivity index (χ1) is 7.36. The molecule has 0 atom stereocenters. The number of nitrogens with one attached hydrogen (secondary N) is 1. The summed E-state index contributed by atoms with van der Waals surface area (Å²) in [5, 5.41) is 8.82. The number of nitrogen functional groups attached to an aromatic ring is 1. The van der Waals surface area contributed by atoms with Crippen molar-refractivity contribution < 1.29 is 8.42 Å². The molecule has 7 heteroatoms. The number of anilines is 2. The van der Waals surface area contributed by atoms with E-state index < -0.39 is 10.2 Å². The molecule has 0 unspecified atom stereocenters. The average molecular weight is 240 g/mol. The highest BCUT2D eigenvalue weighted by Crippen LogP contribution is 2.19. The first kappa shape index (κ1) is 12.3. The lowest BCUT2D eigenvalue weighted by Crippen LogP contribution is -2.29. The van der Waals surface area contributed by atoms with E-state index >= 15 is 0 Å². The van der Waals surface area contributed by atoms with Crippen LogP contribution in [0, 0.1) is 11.3 Å². The molecule has 0 radical (unpaired) electrons. The summed E-state index contributed by atoms with van der Waals surface area (Å²) in [5.41, 5.74) is 6.29. The predicted molar refractivity (Wildman–Crippen MR) is 61.8 cm³/mol. The van der Waals surface area contributed by atoms with E-state index in [0.29, 0.717) is 5.69 Å². The Labute approximate surface area is 94.5 Å². The third-order valence-electron chi connectivity index (χ3n) is 1.88. The zero-order chi connectivity index (χ0) is 12.3. The fourth-order valence-electron chi connectivity index (χ4n) is 0.974. The minimum Gasteiger partial charge on any atom is -0.399 e. The van der Waals surface area contributed by atoms with Gasteiger partial charge in [0.05, 0.1) is 11.3 Å². The highest BCUT2D eigenvalue weighted by molar-refractivity contribution is 7.90. The molecule has 0 bridgehead atoms. The van der Waals surface area contributed by atoms with E-state index in [2.05, 4.69) is 4.72 Å². The van der Waals surface area contributed by atoms with E-state index in [1.807, 2.05) is 6.07 Å². The molecule has 0 fully saturated rings. The minimum absolute atomic E-state index is 0.186. The fraction of sp³-hybridized carbons (Fsp3) is 0.222. The van der Waals surface area contributed by atoms with Crippen LogP contribution in [0.2, 0.25) is 0 Å². The van der Waals surface area contributed by atoms with E-state index in [-0.39, 0.29) is 11.3 Å². The standard InChI is InChI=1S/C9H12N4O2S/c1-13(2)16(14,15)12-9-4-3-8(11)5-7(9)6-10/h3-5,12H,11H2,1-2H3. The summed E-state index contributed by atoms with van der Waals surface area (Å²) >= 11 is 0. The highest BCUT2D eigenvalue weighted by atomic mass is 32.2. The van der Waals surface area contributed by atoms with Crippen LogP contribution in [0.5, 0.6) is 0 Å². The molecule has 0 aromatic heterocycles. The third-order valence-corrected chi connectivity index (χ3v) is 3.32. The Balaban J connectivity index is 3.13. The van der Waals surface area contributed by atoms with Gasteiger partial charge in [-0.1, -0.05) is 0 Å². The van der Waals surface area contributed by atoms with Crippen LogP contribution in [-0.2, 0) is 10.2 Å². The zero-order valence-corrected chi connectivity index (χ0v) is 9.75. The van der Waals surface area contributed by atoms with Gasteiger partial charge in [0.15, 0.2) is 0 Å². The fourth-order valence-corrected chi connectivity index (χ4v) is 1.61. The van der Waals surface area contributed by atoms with Crippen molar-refractivity contribution in [2.75, 3.05) is 24.6 Å². The largest absolute Gasteiger partial charge is 0.399 e. The van der Waals surface area contributed by atoms with Crippen molar-refractivity contribution in [1.29, 1.82) is 5.26 Å². The molecule has 1 rings (SSSR count).